The zero-order chi connectivity index (χ0) is 18.9. The van der Waals surface area contributed by atoms with E-state index in [0.29, 0.717) is 11.9 Å². The molecule has 1 saturated carbocycles. The van der Waals surface area contributed by atoms with Crippen LogP contribution in [0.5, 0.6) is 5.75 Å². The van der Waals surface area contributed by atoms with Crippen molar-refractivity contribution in [3.05, 3.63) is 48.0 Å². The summed E-state index contributed by atoms with van der Waals surface area (Å²) in [6, 6.07) is 8.41. The molecule has 0 bridgehead atoms. The number of benzene rings is 1. The van der Waals surface area contributed by atoms with Crippen molar-refractivity contribution in [3.8, 4) is 5.75 Å². The Morgan fingerprint density at radius 2 is 2.04 bits per heavy atom. The maximum Gasteiger partial charge on any atom is 0.233 e. The third-order valence-electron chi connectivity index (χ3n) is 6.32. The second-order valence-corrected chi connectivity index (χ2v) is 7.92. The highest BCUT2D eigenvalue weighted by Crippen LogP contribution is 2.50. The number of amides is 1. The molecule has 4 rings (SSSR count). The maximum atomic E-state index is 13.6. The number of aryl methyl sites for hydroxylation is 2. The monoisotopic (exact) mass is 367 g/mol. The molecule has 144 valence electrons. The Morgan fingerprint density at radius 3 is 2.67 bits per heavy atom. The molecule has 2 fully saturated rings. The highest BCUT2D eigenvalue weighted by molar-refractivity contribution is 5.91. The van der Waals surface area contributed by atoms with Gasteiger partial charge in [0.1, 0.15) is 11.6 Å². The highest BCUT2D eigenvalue weighted by atomic mass is 16.5. The number of hydrogen-bond donors (Lipinski definition) is 0. The van der Waals surface area contributed by atoms with Crippen molar-refractivity contribution in [2.45, 2.75) is 63.5 Å². The van der Waals surface area contributed by atoms with Gasteiger partial charge in [0, 0.05) is 31.5 Å². The van der Waals surface area contributed by atoms with Crippen molar-refractivity contribution in [3.63, 3.8) is 0 Å². The van der Waals surface area contributed by atoms with Crippen LogP contribution in [0, 0.1) is 6.92 Å². The van der Waals surface area contributed by atoms with Crippen LogP contribution >= 0.6 is 0 Å². The first-order valence-electron chi connectivity index (χ1n) is 10.1. The normalized spacial score (nSPS) is 21.1. The van der Waals surface area contributed by atoms with Gasteiger partial charge >= 0.3 is 0 Å². The standard InChI is InChI=1S/C22H29N3O2/c1-17-23-13-16-24(17)15-10-19-5-3-4-14-25(19)21(26)22(11-12-22)18-6-8-20(27-2)9-7-18/h6-9,13,16,19H,3-5,10-12,14-15H2,1-2H3/t19-/m1/s1. The molecule has 0 spiro atoms. The van der Waals surface area contributed by atoms with Gasteiger partial charge in [-0.2, -0.15) is 0 Å². The lowest BCUT2D eigenvalue weighted by Crippen LogP contribution is -2.48. The fourth-order valence-corrected chi connectivity index (χ4v) is 4.43. The molecule has 0 radical (unpaired) electrons. The van der Waals surface area contributed by atoms with Gasteiger partial charge in [0.05, 0.1) is 12.5 Å². The van der Waals surface area contributed by atoms with E-state index >= 15 is 0 Å². The molecule has 27 heavy (non-hydrogen) atoms. The molecule has 5 nitrogen and oxygen atoms in total. The third-order valence-corrected chi connectivity index (χ3v) is 6.32. The molecule has 1 aromatic heterocycles. The lowest BCUT2D eigenvalue weighted by Gasteiger charge is -2.38. The van der Waals surface area contributed by atoms with Gasteiger partial charge < -0.3 is 14.2 Å². The van der Waals surface area contributed by atoms with E-state index in [1.807, 2.05) is 31.5 Å². The summed E-state index contributed by atoms with van der Waals surface area (Å²) in [5.74, 6) is 2.22. The molecule has 1 amide bonds. The molecule has 0 unspecified atom stereocenters. The molecule has 0 N–H and O–H groups in total. The van der Waals surface area contributed by atoms with E-state index in [1.54, 1.807) is 7.11 Å². The van der Waals surface area contributed by atoms with E-state index in [4.69, 9.17) is 4.74 Å². The van der Waals surface area contributed by atoms with E-state index in [9.17, 15) is 4.79 Å². The van der Waals surface area contributed by atoms with Crippen LogP contribution in [-0.4, -0.2) is 40.1 Å². The van der Waals surface area contributed by atoms with Crippen molar-refractivity contribution in [1.29, 1.82) is 0 Å². The summed E-state index contributed by atoms with van der Waals surface area (Å²) in [6.45, 7) is 3.85. The molecule has 1 atom stereocenters. The van der Waals surface area contributed by atoms with Gasteiger partial charge in [-0.3, -0.25) is 4.79 Å². The molecule has 2 aromatic rings. The summed E-state index contributed by atoms with van der Waals surface area (Å²) in [7, 11) is 1.67. The Bertz CT molecular complexity index is 792. The Morgan fingerprint density at radius 1 is 1.26 bits per heavy atom. The summed E-state index contributed by atoms with van der Waals surface area (Å²) in [6.07, 6.45) is 10.2. The molecule has 5 heteroatoms. The zero-order valence-electron chi connectivity index (χ0n) is 16.4. The molecule has 2 heterocycles. The van der Waals surface area contributed by atoms with Crippen LogP contribution in [0.15, 0.2) is 36.7 Å². The van der Waals surface area contributed by atoms with Crippen LogP contribution < -0.4 is 4.74 Å². The Kier molecular flexibility index (Phi) is 4.94. The number of methoxy groups -OCH3 is 1. The van der Waals surface area contributed by atoms with E-state index in [2.05, 4.69) is 26.6 Å². The molecule has 2 aliphatic rings. The van der Waals surface area contributed by atoms with Gasteiger partial charge in [-0.1, -0.05) is 12.1 Å². The minimum absolute atomic E-state index is 0.299. The number of rotatable bonds is 6. The van der Waals surface area contributed by atoms with E-state index in [0.717, 1.165) is 62.3 Å². The van der Waals surface area contributed by atoms with Crippen LogP contribution in [0.3, 0.4) is 0 Å². The van der Waals surface area contributed by atoms with Crippen molar-refractivity contribution < 1.29 is 9.53 Å². The number of piperidine rings is 1. The summed E-state index contributed by atoms with van der Waals surface area (Å²) >= 11 is 0. The number of likely N-dealkylation sites (tertiary alicyclic amines) is 1. The molecule has 1 saturated heterocycles. The average molecular weight is 367 g/mol. The van der Waals surface area contributed by atoms with Crippen LogP contribution in [0.2, 0.25) is 0 Å². The largest absolute Gasteiger partial charge is 0.497 e. The minimum atomic E-state index is -0.299. The zero-order valence-corrected chi connectivity index (χ0v) is 16.4. The first kappa shape index (κ1) is 18.1. The molecule has 1 aliphatic carbocycles. The molecule has 1 aromatic carbocycles. The number of imidazole rings is 1. The summed E-state index contributed by atoms with van der Waals surface area (Å²) in [5, 5.41) is 0. The Hall–Kier alpha value is -2.30. The van der Waals surface area contributed by atoms with E-state index < -0.39 is 0 Å². The lowest BCUT2D eigenvalue weighted by atomic mass is 9.90. The number of nitrogens with zero attached hydrogens (tertiary/aromatic N) is 3. The summed E-state index contributed by atoms with van der Waals surface area (Å²) in [5.41, 5.74) is 0.843. The second-order valence-electron chi connectivity index (χ2n) is 7.92. The predicted octanol–water partition coefficient (Wildman–Crippen LogP) is 3.70. The quantitative estimate of drug-likeness (QED) is 0.782. The van der Waals surface area contributed by atoms with Gasteiger partial charge in [0.2, 0.25) is 5.91 Å². The van der Waals surface area contributed by atoms with Crippen LogP contribution in [-0.2, 0) is 16.8 Å². The van der Waals surface area contributed by atoms with E-state index in [-0.39, 0.29) is 5.41 Å². The molecular weight excluding hydrogens is 338 g/mol. The van der Waals surface area contributed by atoms with Crippen LogP contribution in [0.25, 0.3) is 0 Å². The Labute approximate surface area is 161 Å². The highest BCUT2D eigenvalue weighted by Gasteiger charge is 2.53. The number of carbonyl (C=O) groups is 1. The number of ether oxygens (including phenoxy) is 1. The van der Waals surface area contributed by atoms with Gasteiger partial charge in [0.25, 0.3) is 0 Å². The topological polar surface area (TPSA) is 47.4 Å². The van der Waals surface area contributed by atoms with Gasteiger partial charge in [-0.15, -0.1) is 0 Å². The van der Waals surface area contributed by atoms with Gasteiger partial charge in [-0.05, 0) is 63.1 Å². The Balaban J connectivity index is 1.49. The smallest absolute Gasteiger partial charge is 0.233 e. The second kappa shape index (κ2) is 7.37. The third kappa shape index (κ3) is 3.47. The van der Waals surface area contributed by atoms with Gasteiger partial charge in [0.15, 0.2) is 0 Å². The summed E-state index contributed by atoms with van der Waals surface area (Å²) in [4.78, 5) is 20.0. The first-order chi connectivity index (χ1) is 13.1. The van der Waals surface area contributed by atoms with Crippen molar-refractivity contribution in [2.24, 2.45) is 0 Å². The maximum absolute atomic E-state index is 13.6. The van der Waals surface area contributed by atoms with Crippen molar-refractivity contribution in [2.75, 3.05) is 13.7 Å². The molecule has 1 aliphatic heterocycles. The van der Waals surface area contributed by atoms with Crippen molar-refractivity contribution >= 4 is 5.91 Å². The number of aromatic nitrogens is 2. The van der Waals surface area contributed by atoms with Gasteiger partial charge in [-0.25, -0.2) is 4.98 Å². The average Bonchev–Trinajstić information content (AvgIpc) is 3.42. The van der Waals surface area contributed by atoms with Crippen molar-refractivity contribution in [1.82, 2.24) is 14.5 Å². The minimum Gasteiger partial charge on any atom is -0.497 e. The first-order valence-corrected chi connectivity index (χ1v) is 10.1. The number of carbonyl (C=O) groups excluding carboxylic acids is 1. The lowest BCUT2D eigenvalue weighted by molar-refractivity contribution is -0.138. The summed E-state index contributed by atoms with van der Waals surface area (Å²) < 4.78 is 7.46. The fourth-order valence-electron chi connectivity index (χ4n) is 4.43. The fraction of sp³-hybridized carbons (Fsp3) is 0.545. The SMILES string of the molecule is COc1ccc(C2(C(=O)N3CCCC[C@@H]3CCn3ccnc3C)CC2)cc1. The number of hydrogen-bond acceptors (Lipinski definition) is 3. The van der Waals surface area contributed by atoms with Crippen LogP contribution in [0.1, 0.15) is 49.9 Å². The van der Waals surface area contributed by atoms with Crippen LogP contribution in [0.4, 0.5) is 0 Å². The molecular formula is C22H29N3O2. The predicted molar refractivity (Wildman–Crippen MR) is 105 cm³/mol. The van der Waals surface area contributed by atoms with E-state index in [1.165, 1.54) is 6.42 Å².